The van der Waals surface area contributed by atoms with Crippen molar-refractivity contribution >= 4 is 7.28 Å². The van der Waals surface area contributed by atoms with Crippen LogP contribution in [0.5, 0.6) is 0 Å². The standard InChI is InChI=1S/C3H8BF/c1-4-2-3-5/h4H,2-3H2,1H3. The van der Waals surface area contributed by atoms with Gasteiger partial charge in [-0.1, -0.05) is 6.82 Å². The molecule has 0 spiro atoms. The van der Waals surface area contributed by atoms with Gasteiger partial charge in [0.05, 0.1) is 6.67 Å². The zero-order valence-electron chi connectivity index (χ0n) is 3.50. The Morgan fingerprint density at radius 1 is 1.80 bits per heavy atom. The smallest absolute Gasteiger partial charge is 0.120 e. The summed E-state index contributed by atoms with van der Waals surface area (Å²) in [5.74, 6) is 0. The van der Waals surface area contributed by atoms with E-state index in [0.717, 1.165) is 13.6 Å². The summed E-state index contributed by atoms with van der Waals surface area (Å²) in [5, 5.41) is 0. The number of hydrogen-bond acceptors (Lipinski definition) is 0. The molecule has 30 valence electrons. The van der Waals surface area contributed by atoms with Gasteiger partial charge in [0.2, 0.25) is 0 Å². The fraction of sp³-hybridized carbons (Fsp3) is 1.00. The summed E-state index contributed by atoms with van der Waals surface area (Å²) in [6.45, 7) is 1.82. The summed E-state index contributed by atoms with van der Waals surface area (Å²) >= 11 is 0. The third-order valence-electron chi connectivity index (χ3n) is 0.487. The van der Waals surface area contributed by atoms with E-state index in [0.29, 0.717) is 0 Å². The highest BCUT2D eigenvalue weighted by molar-refractivity contribution is 6.33. The first-order valence-corrected chi connectivity index (χ1v) is 1.97. The van der Waals surface area contributed by atoms with Gasteiger partial charge in [-0.15, -0.1) is 0 Å². The van der Waals surface area contributed by atoms with Crippen LogP contribution in [0.3, 0.4) is 0 Å². The maximum Gasteiger partial charge on any atom is 0.120 e. The van der Waals surface area contributed by atoms with Crippen LogP contribution >= 0.6 is 0 Å². The average molecular weight is 73.9 g/mol. The van der Waals surface area contributed by atoms with E-state index in [1.54, 1.807) is 0 Å². The molecule has 0 amide bonds. The van der Waals surface area contributed by atoms with Crippen molar-refractivity contribution in [3.63, 3.8) is 0 Å². The van der Waals surface area contributed by atoms with Crippen molar-refractivity contribution in [2.75, 3.05) is 6.67 Å². The summed E-state index contributed by atoms with van der Waals surface area (Å²) in [4.78, 5) is 0. The molecule has 0 heterocycles. The molecule has 0 rings (SSSR count). The minimum absolute atomic E-state index is 0.156. The van der Waals surface area contributed by atoms with E-state index in [1.807, 2.05) is 6.82 Å². The van der Waals surface area contributed by atoms with Crippen LogP contribution in [0.4, 0.5) is 4.39 Å². The monoisotopic (exact) mass is 74.1 g/mol. The second-order valence-corrected chi connectivity index (χ2v) is 1.04. The Hall–Kier alpha value is -0.00506. The van der Waals surface area contributed by atoms with E-state index in [4.69, 9.17) is 0 Å². The molecule has 0 unspecified atom stereocenters. The number of alkyl halides is 1. The fourth-order valence-electron chi connectivity index (χ4n) is 0.134. The molecule has 0 atom stereocenters. The molecule has 0 aromatic heterocycles. The predicted molar refractivity (Wildman–Crippen MR) is 23.8 cm³/mol. The highest BCUT2D eigenvalue weighted by Crippen LogP contribution is 1.74. The Kier molecular flexibility index (Phi) is 3.99. The second-order valence-electron chi connectivity index (χ2n) is 1.04. The highest BCUT2D eigenvalue weighted by atomic mass is 19.1. The molecular formula is C3H8BF. The molecule has 0 bridgehead atoms. The van der Waals surface area contributed by atoms with E-state index < -0.39 is 0 Å². The SMILES string of the molecule is CBCCF. The van der Waals surface area contributed by atoms with Crippen LogP contribution < -0.4 is 0 Å². The first kappa shape index (κ1) is 4.99. The minimum atomic E-state index is -0.156. The average Bonchev–Trinajstić information content (AvgIpc) is 1.41. The Labute approximate surface area is 32.6 Å². The first-order chi connectivity index (χ1) is 2.41. The van der Waals surface area contributed by atoms with Gasteiger partial charge in [0.25, 0.3) is 0 Å². The summed E-state index contributed by atoms with van der Waals surface area (Å²) < 4.78 is 11.0. The zero-order chi connectivity index (χ0) is 4.12. The van der Waals surface area contributed by atoms with Crippen LogP contribution in [0.15, 0.2) is 0 Å². The van der Waals surface area contributed by atoms with Crippen LogP contribution in [0.25, 0.3) is 0 Å². The Morgan fingerprint density at radius 2 is 2.40 bits per heavy atom. The van der Waals surface area contributed by atoms with Gasteiger partial charge in [0, 0.05) is 0 Å². The fourth-order valence-corrected chi connectivity index (χ4v) is 0.134. The van der Waals surface area contributed by atoms with Gasteiger partial charge < -0.3 is 0 Å². The number of halogens is 1. The van der Waals surface area contributed by atoms with E-state index in [-0.39, 0.29) is 6.67 Å². The molecular weight excluding hydrogens is 65.8 g/mol. The lowest BCUT2D eigenvalue weighted by atomic mass is 9.79. The van der Waals surface area contributed by atoms with Crippen molar-refractivity contribution in [2.24, 2.45) is 0 Å². The van der Waals surface area contributed by atoms with Gasteiger partial charge in [-0.25, -0.2) is 0 Å². The predicted octanol–water partition coefficient (Wildman–Crippen LogP) is 0.859. The van der Waals surface area contributed by atoms with Crippen molar-refractivity contribution in [2.45, 2.75) is 13.1 Å². The van der Waals surface area contributed by atoms with Crippen molar-refractivity contribution in [3.8, 4) is 0 Å². The third-order valence-corrected chi connectivity index (χ3v) is 0.487. The van der Waals surface area contributed by atoms with Gasteiger partial charge in [0.15, 0.2) is 0 Å². The lowest BCUT2D eigenvalue weighted by Gasteiger charge is -1.73. The van der Waals surface area contributed by atoms with Crippen LogP contribution in [-0.4, -0.2) is 14.0 Å². The van der Waals surface area contributed by atoms with E-state index in [1.165, 1.54) is 0 Å². The number of rotatable bonds is 2. The molecule has 0 N–H and O–H groups in total. The van der Waals surface area contributed by atoms with E-state index in [2.05, 4.69) is 0 Å². The molecule has 0 aliphatic heterocycles. The number of hydrogen-bond donors (Lipinski definition) is 0. The van der Waals surface area contributed by atoms with Crippen molar-refractivity contribution < 1.29 is 4.39 Å². The van der Waals surface area contributed by atoms with E-state index >= 15 is 0 Å². The van der Waals surface area contributed by atoms with Crippen molar-refractivity contribution in [3.05, 3.63) is 0 Å². The molecule has 0 nitrogen and oxygen atoms in total. The van der Waals surface area contributed by atoms with Crippen LogP contribution in [0, 0.1) is 0 Å². The van der Waals surface area contributed by atoms with Gasteiger partial charge >= 0.3 is 0 Å². The minimum Gasteiger partial charge on any atom is -0.252 e. The van der Waals surface area contributed by atoms with Crippen LogP contribution in [0.1, 0.15) is 0 Å². The summed E-state index contributed by atoms with van der Waals surface area (Å²) in [6.07, 6.45) is 0.722. The highest BCUT2D eigenvalue weighted by Gasteiger charge is 1.74. The molecule has 0 aliphatic carbocycles. The molecule has 0 aromatic rings. The molecule has 0 aliphatic rings. The Balaban J connectivity index is 2.19. The molecule has 0 saturated carbocycles. The normalized spacial score (nSPS) is 7.60. The molecule has 0 radical (unpaired) electrons. The summed E-state index contributed by atoms with van der Waals surface area (Å²) in [7, 11) is 0.969. The molecule has 0 aromatic carbocycles. The lowest BCUT2D eigenvalue weighted by molar-refractivity contribution is 0.526. The van der Waals surface area contributed by atoms with Crippen LogP contribution in [-0.2, 0) is 0 Å². The second kappa shape index (κ2) is 3.99. The topological polar surface area (TPSA) is 0 Å². The summed E-state index contributed by atoms with van der Waals surface area (Å²) in [6, 6.07) is 0. The van der Waals surface area contributed by atoms with Gasteiger partial charge in [-0.3, -0.25) is 4.39 Å². The zero-order valence-corrected chi connectivity index (χ0v) is 3.50. The largest absolute Gasteiger partial charge is 0.252 e. The van der Waals surface area contributed by atoms with Gasteiger partial charge in [0.1, 0.15) is 7.28 Å². The van der Waals surface area contributed by atoms with Crippen molar-refractivity contribution in [1.29, 1.82) is 0 Å². The van der Waals surface area contributed by atoms with E-state index in [9.17, 15) is 4.39 Å². The van der Waals surface area contributed by atoms with Crippen LogP contribution in [0.2, 0.25) is 13.1 Å². The van der Waals surface area contributed by atoms with Crippen molar-refractivity contribution in [1.82, 2.24) is 0 Å². The first-order valence-electron chi connectivity index (χ1n) is 1.97. The molecule has 0 fully saturated rings. The Morgan fingerprint density at radius 3 is 2.40 bits per heavy atom. The Bertz CT molecular complexity index is 14.4. The molecule has 5 heavy (non-hydrogen) atoms. The lowest BCUT2D eigenvalue weighted by Crippen LogP contribution is -1.78. The quantitative estimate of drug-likeness (QED) is 0.426. The molecule has 2 heteroatoms. The maximum atomic E-state index is 11.0. The van der Waals surface area contributed by atoms with Gasteiger partial charge in [-0.2, -0.15) is 0 Å². The maximum absolute atomic E-state index is 11.0. The molecule has 0 saturated heterocycles. The summed E-state index contributed by atoms with van der Waals surface area (Å²) in [5.41, 5.74) is 0. The third kappa shape index (κ3) is 3.99. The van der Waals surface area contributed by atoms with Gasteiger partial charge in [-0.05, 0) is 6.32 Å².